The molecule has 0 heterocycles. The van der Waals surface area contributed by atoms with E-state index < -0.39 is 0 Å². The summed E-state index contributed by atoms with van der Waals surface area (Å²) < 4.78 is 0. The lowest BCUT2D eigenvalue weighted by Gasteiger charge is -2.37. The van der Waals surface area contributed by atoms with Gasteiger partial charge in [0.2, 0.25) is 0 Å². The Morgan fingerprint density at radius 2 is 1.21 bits per heavy atom. The van der Waals surface area contributed by atoms with Crippen LogP contribution in [-0.2, 0) is 23.7 Å². The third-order valence-corrected chi connectivity index (χ3v) is 14.8. The van der Waals surface area contributed by atoms with Crippen LogP contribution in [-0.4, -0.2) is 0 Å². The number of hydrogen-bond acceptors (Lipinski definition) is 1. The molecule has 0 aliphatic heterocycles. The molecule has 0 saturated heterocycles. The van der Waals surface area contributed by atoms with Crippen molar-refractivity contribution in [2.75, 3.05) is 5.32 Å². The van der Waals surface area contributed by atoms with Crippen molar-refractivity contribution in [1.29, 1.82) is 0 Å². The molecule has 0 amide bonds. The highest BCUT2D eigenvalue weighted by Gasteiger charge is 2.45. The van der Waals surface area contributed by atoms with Crippen molar-refractivity contribution in [3.05, 3.63) is 129 Å². The third-order valence-electron chi connectivity index (χ3n) is 14.8. The molecule has 1 heteroatoms. The van der Waals surface area contributed by atoms with Gasteiger partial charge >= 0.3 is 0 Å². The Bertz CT molecular complexity index is 1910. The zero-order chi connectivity index (χ0) is 39.0. The van der Waals surface area contributed by atoms with Crippen LogP contribution in [0.5, 0.6) is 0 Å². The molecule has 0 fully saturated rings. The number of benzene rings is 3. The normalized spacial score (nSPS) is 17.1. The molecule has 7 rings (SSSR count). The van der Waals surface area contributed by atoms with E-state index in [0.29, 0.717) is 0 Å². The van der Waals surface area contributed by atoms with Gasteiger partial charge in [-0.05, 0) is 149 Å². The number of hydrogen-bond donors (Lipinski definition) is 1. The molecule has 298 valence electrons. The predicted molar refractivity (Wildman–Crippen MR) is 245 cm³/mol. The number of unbranched alkanes of at least 4 members (excludes halogenated alkanes) is 10. The molecule has 0 saturated carbocycles. The van der Waals surface area contributed by atoms with Crippen LogP contribution in [0.15, 0.2) is 101 Å². The monoisotopic (exact) mass is 748 g/mol. The average molecular weight is 748 g/mol. The Labute approximate surface area is 342 Å². The lowest BCUT2D eigenvalue weighted by atomic mass is 9.67. The molecule has 0 bridgehead atoms. The number of aryl methyl sites for hydroxylation is 2. The summed E-state index contributed by atoms with van der Waals surface area (Å²) in [6, 6.07) is 23.9. The van der Waals surface area contributed by atoms with Crippen LogP contribution in [0, 0.1) is 0 Å². The van der Waals surface area contributed by atoms with Gasteiger partial charge in [0.05, 0.1) is 0 Å². The van der Waals surface area contributed by atoms with Gasteiger partial charge in [0.15, 0.2) is 0 Å². The zero-order valence-corrected chi connectivity index (χ0v) is 36.1. The van der Waals surface area contributed by atoms with Gasteiger partial charge in [0, 0.05) is 16.8 Å². The summed E-state index contributed by atoms with van der Waals surface area (Å²) in [6.07, 6.45) is 36.0. The molecule has 3 aromatic carbocycles. The molecular weight excluding hydrogens is 675 g/mol. The maximum absolute atomic E-state index is 3.77. The first kappa shape index (κ1) is 40.6. The van der Waals surface area contributed by atoms with E-state index in [1.54, 1.807) is 39.0 Å². The second-order valence-electron chi connectivity index (χ2n) is 18.3. The highest BCUT2D eigenvalue weighted by atomic mass is 14.9. The molecule has 0 aromatic heterocycles. The van der Waals surface area contributed by atoms with E-state index in [2.05, 4.69) is 119 Å². The number of allylic oxidation sites excluding steroid dienone is 8. The summed E-state index contributed by atoms with van der Waals surface area (Å²) in [5, 5.41) is 3.77. The third kappa shape index (κ3) is 8.78. The van der Waals surface area contributed by atoms with Crippen molar-refractivity contribution in [1.82, 2.24) is 0 Å². The lowest BCUT2D eigenvalue weighted by Crippen LogP contribution is -2.28. The summed E-state index contributed by atoms with van der Waals surface area (Å²) in [5.41, 5.74) is 20.0. The maximum Gasteiger partial charge on any atom is 0.0382 e. The Hall–Kier alpha value is -3.58. The van der Waals surface area contributed by atoms with E-state index in [1.165, 1.54) is 162 Å². The van der Waals surface area contributed by atoms with E-state index in [-0.39, 0.29) is 10.8 Å². The van der Waals surface area contributed by atoms with Crippen LogP contribution >= 0.6 is 0 Å². The first-order valence-electron chi connectivity index (χ1n) is 23.4. The van der Waals surface area contributed by atoms with Crippen LogP contribution in [0.25, 0.3) is 16.7 Å². The van der Waals surface area contributed by atoms with Crippen LogP contribution in [0.3, 0.4) is 0 Å². The molecule has 3 aromatic rings. The zero-order valence-electron chi connectivity index (χ0n) is 36.1. The second kappa shape index (κ2) is 18.8. The van der Waals surface area contributed by atoms with Gasteiger partial charge in [0.25, 0.3) is 0 Å². The van der Waals surface area contributed by atoms with Crippen LogP contribution < -0.4 is 5.32 Å². The molecule has 1 nitrogen and oxygen atoms in total. The number of rotatable bonds is 21. The molecule has 1 N–H and O–H groups in total. The van der Waals surface area contributed by atoms with Crippen molar-refractivity contribution >= 4 is 11.3 Å². The predicted octanol–water partition coefficient (Wildman–Crippen LogP) is 16.5. The van der Waals surface area contributed by atoms with Gasteiger partial charge < -0.3 is 5.32 Å². The molecule has 0 atom stereocenters. The molecule has 0 spiro atoms. The fourth-order valence-electron chi connectivity index (χ4n) is 10.5. The Kier molecular flexibility index (Phi) is 13.6. The van der Waals surface area contributed by atoms with Crippen LogP contribution in [0.2, 0.25) is 0 Å². The molecule has 4 aliphatic carbocycles. The van der Waals surface area contributed by atoms with Gasteiger partial charge in [0.1, 0.15) is 0 Å². The van der Waals surface area contributed by atoms with Crippen molar-refractivity contribution < 1.29 is 0 Å². The van der Waals surface area contributed by atoms with Gasteiger partial charge in [-0.1, -0.05) is 172 Å². The number of fused-ring (bicyclic) bond motifs is 3. The van der Waals surface area contributed by atoms with Crippen molar-refractivity contribution in [2.45, 2.75) is 187 Å². The lowest BCUT2D eigenvalue weighted by molar-refractivity contribution is 0.391. The van der Waals surface area contributed by atoms with Crippen molar-refractivity contribution in [3.8, 4) is 11.1 Å². The molecule has 56 heavy (non-hydrogen) atoms. The number of nitrogens with one attached hydrogen (secondary N) is 1. The first-order valence-corrected chi connectivity index (χ1v) is 23.4. The topological polar surface area (TPSA) is 12.0 Å². The SMILES string of the molecule is CCCCCCCCC1(CCCCCCCC)C2=C(CCC(C3=CC=C(Nc4ccc(-c5ccc6c(c5)CC6)cc4)CC3)=C2)c2ccc(C(C)(CC)CC)cc21. The Morgan fingerprint density at radius 3 is 1.82 bits per heavy atom. The highest BCUT2D eigenvalue weighted by Crippen LogP contribution is 2.57. The minimum atomic E-state index is 0.148. The minimum absolute atomic E-state index is 0.148. The summed E-state index contributed by atoms with van der Waals surface area (Å²) >= 11 is 0. The Balaban J connectivity index is 1.15. The van der Waals surface area contributed by atoms with E-state index >= 15 is 0 Å². The number of anilines is 1. The first-order chi connectivity index (χ1) is 27.4. The standard InChI is InChI=1S/C55H73N/c1-6-10-12-14-16-18-36-55(37-19-17-15-13-11-7-2)52-39-46(28-34-50(52)51-35-29-47(40-53(51)55)54(5,8-3)9-4)43-26-32-49(33-27-43)56-48-30-24-42(25-31-48)45-23-21-41-20-22-44(41)38-45/h21,23-26,29-32,35,38-40,56H,6-20,22,27-28,33-34,36-37H2,1-5H3. The molecule has 0 radical (unpaired) electrons. The largest absolute Gasteiger partial charge is 0.359 e. The quantitative estimate of drug-likeness (QED) is 0.107. The van der Waals surface area contributed by atoms with Gasteiger partial charge in [-0.2, -0.15) is 0 Å². The fraction of sp³-hybridized carbons (Fsp3) is 0.527. The van der Waals surface area contributed by atoms with Gasteiger partial charge in [-0.15, -0.1) is 0 Å². The molecule has 4 aliphatic rings. The minimum Gasteiger partial charge on any atom is -0.359 e. The second-order valence-corrected chi connectivity index (χ2v) is 18.3. The van der Waals surface area contributed by atoms with Crippen LogP contribution in [0.4, 0.5) is 5.69 Å². The van der Waals surface area contributed by atoms with Crippen LogP contribution in [0.1, 0.15) is 191 Å². The maximum atomic E-state index is 3.77. The summed E-state index contributed by atoms with van der Waals surface area (Å²) in [7, 11) is 0. The summed E-state index contributed by atoms with van der Waals surface area (Å²) in [6.45, 7) is 12.0. The van der Waals surface area contributed by atoms with Gasteiger partial charge in [-0.25, -0.2) is 0 Å². The summed E-state index contributed by atoms with van der Waals surface area (Å²) in [4.78, 5) is 0. The van der Waals surface area contributed by atoms with E-state index in [9.17, 15) is 0 Å². The van der Waals surface area contributed by atoms with E-state index in [0.717, 1.165) is 12.8 Å². The van der Waals surface area contributed by atoms with Crippen molar-refractivity contribution in [3.63, 3.8) is 0 Å². The fourth-order valence-corrected chi connectivity index (χ4v) is 10.5. The molecular formula is C55H73N. The Morgan fingerprint density at radius 1 is 0.571 bits per heavy atom. The smallest absolute Gasteiger partial charge is 0.0382 e. The van der Waals surface area contributed by atoms with E-state index in [4.69, 9.17) is 0 Å². The van der Waals surface area contributed by atoms with Gasteiger partial charge in [-0.3, -0.25) is 0 Å². The molecule has 0 unspecified atom stereocenters. The van der Waals surface area contributed by atoms with E-state index in [1.807, 2.05) is 0 Å². The average Bonchev–Trinajstić information content (AvgIpc) is 3.49. The summed E-state index contributed by atoms with van der Waals surface area (Å²) in [5.74, 6) is 0. The highest BCUT2D eigenvalue weighted by molar-refractivity contribution is 5.85. The van der Waals surface area contributed by atoms with Crippen molar-refractivity contribution in [2.24, 2.45) is 0 Å².